The van der Waals surface area contributed by atoms with E-state index in [4.69, 9.17) is 4.74 Å². The first-order chi connectivity index (χ1) is 16.4. The van der Waals surface area contributed by atoms with E-state index in [1.54, 1.807) is 26.2 Å². The van der Waals surface area contributed by atoms with Crippen molar-refractivity contribution in [1.29, 1.82) is 0 Å². The monoisotopic (exact) mass is 512 g/mol. The summed E-state index contributed by atoms with van der Waals surface area (Å²) in [6, 6.07) is 7.55. The maximum absolute atomic E-state index is 12.3. The van der Waals surface area contributed by atoms with Crippen LogP contribution >= 0.6 is 34.4 Å². The Hall–Kier alpha value is -3.22. The van der Waals surface area contributed by atoms with Crippen LogP contribution in [-0.2, 0) is 9.53 Å². The predicted molar refractivity (Wildman–Crippen MR) is 133 cm³/mol. The highest BCUT2D eigenvalue weighted by Gasteiger charge is 2.18. The number of pyridine rings is 1. The zero-order chi connectivity index (χ0) is 24.1. The maximum atomic E-state index is 12.3. The van der Waals surface area contributed by atoms with Gasteiger partial charge < -0.3 is 10.1 Å². The van der Waals surface area contributed by atoms with E-state index in [2.05, 4.69) is 30.5 Å². The van der Waals surface area contributed by atoms with E-state index >= 15 is 0 Å². The Morgan fingerprint density at radius 3 is 2.65 bits per heavy atom. The van der Waals surface area contributed by atoms with Gasteiger partial charge in [0.05, 0.1) is 28.6 Å². The molecule has 0 aliphatic carbocycles. The van der Waals surface area contributed by atoms with Crippen LogP contribution in [0, 0.1) is 13.8 Å². The lowest BCUT2D eigenvalue weighted by atomic mass is 10.3. The van der Waals surface area contributed by atoms with Gasteiger partial charge in [0.1, 0.15) is 20.6 Å². The molecule has 0 saturated heterocycles. The first kappa shape index (κ1) is 23.9. The molecule has 34 heavy (non-hydrogen) atoms. The number of aryl methyl sites for hydroxylation is 2. The molecular formula is C22H20N6O3S3. The maximum Gasteiger partial charge on any atom is 0.350 e. The Bertz CT molecular complexity index is 1310. The second kappa shape index (κ2) is 10.8. The van der Waals surface area contributed by atoms with E-state index < -0.39 is 5.97 Å². The fraction of sp³-hybridized carbons (Fsp3) is 0.227. The summed E-state index contributed by atoms with van der Waals surface area (Å²) >= 11 is 3.89. The average molecular weight is 513 g/mol. The van der Waals surface area contributed by atoms with E-state index in [9.17, 15) is 9.59 Å². The Labute approximate surface area is 208 Å². The molecule has 0 aromatic carbocycles. The summed E-state index contributed by atoms with van der Waals surface area (Å²) in [7, 11) is 0. The number of thioether (sulfide) groups is 1. The molecule has 4 heterocycles. The number of hydrogen-bond acceptors (Lipinski definition) is 11. The highest BCUT2D eigenvalue weighted by atomic mass is 32.2. The van der Waals surface area contributed by atoms with Crippen molar-refractivity contribution in [2.45, 2.75) is 25.8 Å². The quantitative estimate of drug-likeness (QED) is 0.266. The summed E-state index contributed by atoms with van der Waals surface area (Å²) < 4.78 is 5.00. The Morgan fingerprint density at radius 2 is 1.94 bits per heavy atom. The van der Waals surface area contributed by atoms with Crippen molar-refractivity contribution in [3.8, 4) is 21.1 Å². The van der Waals surface area contributed by atoms with Crippen LogP contribution in [0.3, 0.4) is 0 Å². The molecule has 0 atom stereocenters. The number of carbonyl (C=O) groups excluding carboxylic acids is 2. The molecule has 4 aromatic rings. The highest BCUT2D eigenvalue weighted by Crippen LogP contribution is 2.34. The van der Waals surface area contributed by atoms with Gasteiger partial charge in [-0.05, 0) is 45.0 Å². The molecule has 4 rings (SSSR count). The molecule has 0 fully saturated rings. The number of hydrogen-bond donors (Lipinski definition) is 1. The van der Waals surface area contributed by atoms with Crippen molar-refractivity contribution in [2.24, 2.45) is 0 Å². The van der Waals surface area contributed by atoms with Gasteiger partial charge in [0.2, 0.25) is 5.91 Å². The minimum atomic E-state index is -0.438. The Balaban J connectivity index is 1.36. The van der Waals surface area contributed by atoms with Gasteiger partial charge in [-0.25, -0.2) is 14.8 Å². The normalized spacial score (nSPS) is 10.8. The molecule has 0 aliphatic rings. The van der Waals surface area contributed by atoms with E-state index in [-0.39, 0.29) is 18.3 Å². The first-order valence-corrected chi connectivity index (χ1v) is 12.9. The summed E-state index contributed by atoms with van der Waals surface area (Å²) in [5.41, 5.74) is 3.08. The molecule has 1 amide bonds. The number of aromatic nitrogens is 5. The topological polar surface area (TPSA) is 120 Å². The van der Waals surface area contributed by atoms with Gasteiger partial charge in [0.15, 0.2) is 5.13 Å². The minimum absolute atomic E-state index is 0.131. The smallest absolute Gasteiger partial charge is 0.350 e. The third-order valence-corrected chi connectivity index (χ3v) is 7.63. The number of thiazole rings is 2. The van der Waals surface area contributed by atoms with Gasteiger partial charge in [-0.2, -0.15) is 0 Å². The van der Waals surface area contributed by atoms with Crippen molar-refractivity contribution in [3.63, 3.8) is 0 Å². The predicted octanol–water partition coefficient (Wildman–Crippen LogP) is 4.64. The average Bonchev–Trinajstić information content (AvgIpc) is 3.41. The first-order valence-electron chi connectivity index (χ1n) is 10.2. The number of rotatable bonds is 8. The van der Waals surface area contributed by atoms with Gasteiger partial charge in [0, 0.05) is 18.0 Å². The number of esters is 1. The van der Waals surface area contributed by atoms with Crippen LogP contribution in [0.5, 0.6) is 0 Å². The van der Waals surface area contributed by atoms with Crippen LogP contribution < -0.4 is 5.32 Å². The summed E-state index contributed by atoms with van der Waals surface area (Å²) in [6.07, 6.45) is 3.51. The fourth-order valence-electron chi connectivity index (χ4n) is 2.90. The van der Waals surface area contributed by atoms with Crippen molar-refractivity contribution in [3.05, 3.63) is 52.9 Å². The lowest BCUT2D eigenvalue weighted by molar-refractivity contribution is -0.113. The van der Waals surface area contributed by atoms with Gasteiger partial charge in [-0.3, -0.25) is 9.78 Å². The van der Waals surface area contributed by atoms with E-state index in [1.165, 1.54) is 23.1 Å². The van der Waals surface area contributed by atoms with Crippen LogP contribution in [0.25, 0.3) is 21.1 Å². The molecule has 1 N–H and O–H groups in total. The van der Waals surface area contributed by atoms with Crippen molar-refractivity contribution in [2.75, 3.05) is 17.7 Å². The Kier molecular flexibility index (Phi) is 7.60. The number of nitrogens with one attached hydrogen (secondary N) is 1. The number of ether oxygens (including phenoxy) is 1. The molecule has 0 radical (unpaired) electrons. The van der Waals surface area contributed by atoms with Crippen LogP contribution in [0.15, 0.2) is 41.7 Å². The van der Waals surface area contributed by atoms with Crippen LogP contribution in [0.1, 0.15) is 28.0 Å². The summed E-state index contributed by atoms with van der Waals surface area (Å²) in [5, 5.41) is 13.1. The molecule has 0 bridgehead atoms. The van der Waals surface area contributed by atoms with Crippen LogP contribution in [0.2, 0.25) is 0 Å². The van der Waals surface area contributed by atoms with Crippen molar-refractivity contribution in [1.82, 2.24) is 25.1 Å². The molecule has 12 heteroatoms. The van der Waals surface area contributed by atoms with Gasteiger partial charge in [-0.1, -0.05) is 23.1 Å². The van der Waals surface area contributed by atoms with Gasteiger partial charge >= 0.3 is 5.97 Å². The molecule has 174 valence electrons. The van der Waals surface area contributed by atoms with Crippen molar-refractivity contribution < 1.29 is 14.3 Å². The largest absolute Gasteiger partial charge is 0.462 e. The summed E-state index contributed by atoms with van der Waals surface area (Å²) in [4.78, 5) is 38.6. The summed E-state index contributed by atoms with van der Waals surface area (Å²) in [5.74, 6) is -0.558. The third kappa shape index (κ3) is 5.64. The van der Waals surface area contributed by atoms with Crippen LogP contribution in [0.4, 0.5) is 5.13 Å². The third-order valence-electron chi connectivity index (χ3n) is 4.43. The lowest BCUT2D eigenvalue weighted by Gasteiger charge is -2.02. The molecule has 0 spiro atoms. The fourth-order valence-corrected chi connectivity index (χ4v) is 5.41. The van der Waals surface area contributed by atoms with Crippen molar-refractivity contribution >= 4 is 51.4 Å². The van der Waals surface area contributed by atoms with Crippen LogP contribution in [-0.4, -0.2) is 49.4 Å². The number of nitrogens with zero attached hydrogens (tertiary/aromatic N) is 5. The Morgan fingerprint density at radius 1 is 1.09 bits per heavy atom. The SMILES string of the molecule is CCOC(=O)c1sc(NC(=O)CSc2ccc(-c3sc(-c4cccnc4)nc3C)nn2)nc1C. The zero-order valence-corrected chi connectivity index (χ0v) is 21.0. The molecule has 0 saturated carbocycles. The molecule has 0 aliphatic heterocycles. The van der Waals surface area contributed by atoms with E-state index in [0.717, 1.165) is 38.2 Å². The molecule has 4 aromatic heterocycles. The second-order valence-corrected chi connectivity index (χ2v) is 9.92. The van der Waals surface area contributed by atoms with E-state index in [1.807, 2.05) is 31.2 Å². The van der Waals surface area contributed by atoms with Gasteiger partial charge in [-0.15, -0.1) is 21.5 Å². The van der Waals surface area contributed by atoms with Gasteiger partial charge in [0.25, 0.3) is 0 Å². The number of amides is 1. The lowest BCUT2D eigenvalue weighted by Crippen LogP contribution is -2.14. The minimum Gasteiger partial charge on any atom is -0.462 e. The van der Waals surface area contributed by atoms with E-state index in [0.29, 0.717) is 20.7 Å². The second-order valence-electron chi connectivity index (χ2n) is 6.92. The highest BCUT2D eigenvalue weighted by molar-refractivity contribution is 7.99. The number of anilines is 1. The molecule has 0 unspecified atom stereocenters. The summed E-state index contributed by atoms with van der Waals surface area (Å²) in [6.45, 7) is 5.66. The molecule has 9 nitrogen and oxygen atoms in total. The standard InChI is InChI=1S/C22H20N6O3S3/c1-4-31-21(30)19-13(3)25-22(34-19)26-16(29)11-32-17-8-7-15(27-28-17)18-12(2)24-20(33-18)14-6-5-9-23-10-14/h5-10H,4,11H2,1-3H3,(H,25,26,29). The molecular weight excluding hydrogens is 492 g/mol. The zero-order valence-electron chi connectivity index (χ0n) is 18.6. The number of carbonyl (C=O) groups is 2.